The lowest BCUT2D eigenvalue weighted by atomic mass is 10.0. The molecule has 1 N–H and O–H groups in total. The van der Waals surface area contributed by atoms with Crippen molar-refractivity contribution >= 4 is 17.5 Å². The third kappa shape index (κ3) is 2.67. The van der Waals surface area contributed by atoms with Gasteiger partial charge in [-0.25, -0.2) is 0 Å². The van der Waals surface area contributed by atoms with Gasteiger partial charge in [0, 0.05) is 6.04 Å². The molecule has 1 saturated carbocycles. The summed E-state index contributed by atoms with van der Waals surface area (Å²) in [4.78, 5) is 11.4. The zero-order valence-corrected chi connectivity index (χ0v) is 8.40. The zero-order chi connectivity index (χ0) is 9.14. The van der Waals surface area contributed by atoms with Gasteiger partial charge < -0.3 is 5.32 Å². The van der Waals surface area contributed by atoms with Gasteiger partial charge in [-0.3, -0.25) is 4.79 Å². The highest BCUT2D eigenvalue weighted by Crippen LogP contribution is 2.21. The van der Waals surface area contributed by atoms with E-state index in [0.29, 0.717) is 6.04 Å². The van der Waals surface area contributed by atoms with E-state index in [4.69, 9.17) is 11.6 Å². The van der Waals surface area contributed by atoms with Gasteiger partial charge in [0.1, 0.15) is 5.38 Å². The number of carbonyl (C=O) groups is 1. The summed E-state index contributed by atoms with van der Waals surface area (Å²) < 4.78 is 0. The van der Waals surface area contributed by atoms with Gasteiger partial charge in [-0.2, -0.15) is 0 Å². The van der Waals surface area contributed by atoms with Crippen molar-refractivity contribution in [1.29, 1.82) is 0 Å². The molecule has 70 valence electrons. The minimum Gasteiger partial charge on any atom is -0.352 e. The summed E-state index contributed by atoms with van der Waals surface area (Å²) in [5.41, 5.74) is 0. The van der Waals surface area contributed by atoms with E-state index in [9.17, 15) is 4.79 Å². The zero-order valence-electron chi connectivity index (χ0n) is 7.64. The molecule has 2 nitrogen and oxygen atoms in total. The van der Waals surface area contributed by atoms with Crippen LogP contribution in [0, 0.1) is 5.92 Å². The van der Waals surface area contributed by atoms with Crippen molar-refractivity contribution in [2.45, 2.75) is 44.5 Å². The molecule has 0 aliphatic heterocycles. The topological polar surface area (TPSA) is 29.1 Å². The van der Waals surface area contributed by atoms with Crippen LogP contribution in [0.2, 0.25) is 0 Å². The highest BCUT2D eigenvalue weighted by Gasteiger charge is 2.28. The molecule has 0 bridgehead atoms. The molecule has 0 heterocycles. The Labute approximate surface area is 78.7 Å². The summed E-state index contributed by atoms with van der Waals surface area (Å²) in [6.45, 7) is 4.05. The fourth-order valence-electron chi connectivity index (χ4n) is 0.974. The summed E-state index contributed by atoms with van der Waals surface area (Å²) in [7, 11) is 0. The quantitative estimate of drug-likeness (QED) is 0.673. The van der Waals surface area contributed by atoms with Crippen molar-refractivity contribution in [3.63, 3.8) is 0 Å². The van der Waals surface area contributed by atoms with Crippen LogP contribution in [0.15, 0.2) is 0 Å². The number of carbonyl (C=O) groups excluding carboxylic acids is 1. The van der Waals surface area contributed by atoms with Crippen LogP contribution in [0.4, 0.5) is 0 Å². The number of nitrogens with one attached hydrogen (secondary N) is 1. The maximum atomic E-state index is 11.4. The van der Waals surface area contributed by atoms with Gasteiger partial charge in [-0.05, 0) is 18.8 Å². The standard InChI is InChI=1S/C9H16ClNO/c1-3-6(2)8(10)9(12)11-7-4-5-7/h6-8H,3-5H2,1-2H3,(H,11,12). The molecule has 0 aromatic rings. The van der Waals surface area contributed by atoms with Gasteiger partial charge in [0.25, 0.3) is 0 Å². The van der Waals surface area contributed by atoms with E-state index in [1.165, 1.54) is 0 Å². The van der Waals surface area contributed by atoms with Crippen molar-refractivity contribution in [2.24, 2.45) is 5.92 Å². The Morgan fingerprint density at radius 1 is 1.67 bits per heavy atom. The molecule has 3 heteroatoms. The molecule has 12 heavy (non-hydrogen) atoms. The number of halogens is 1. The molecule has 1 rings (SSSR count). The predicted octanol–water partition coefficient (Wildman–Crippen LogP) is 1.92. The van der Waals surface area contributed by atoms with Crippen LogP contribution in [0.25, 0.3) is 0 Å². The van der Waals surface area contributed by atoms with Gasteiger partial charge in [0.2, 0.25) is 5.91 Å². The number of alkyl halides is 1. The first-order valence-electron chi connectivity index (χ1n) is 4.59. The van der Waals surface area contributed by atoms with E-state index in [2.05, 4.69) is 5.32 Å². The fraction of sp³-hybridized carbons (Fsp3) is 0.889. The van der Waals surface area contributed by atoms with Crippen molar-refractivity contribution in [2.75, 3.05) is 0 Å². The smallest absolute Gasteiger partial charge is 0.238 e. The van der Waals surface area contributed by atoms with Crippen molar-refractivity contribution in [1.82, 2.24) is 5.32 Å². The lowest BCUT2D eigenvalue weighted by Crippen LogP contribution is -2.36. The normalized spacial score (nSPS) is 21.6. The Bertz CT molecular complexity index is 168. The van der Waals surface area contributed by atoms with Gasteiger partial charge >= 0.3 is 0 Å². The monoisotopic (exact) mass is 189 g/mol. The van der Waals surface area contributed by atoms with Crippen LogP contribution >= 0.6 is 11.6 Å². The number of rotatable bonds is 4. The van der Waals surface area contributed by atoms with Crippen LogP contribution in [0.3, 0.4) is 0 Å². The Morgan fingerprint density at radius 2 is 2.25 bits per heavy atom. The molecule has 1 aliphatic carbocycles. The van der Waals surface area contributed by atoms with Crippen LogP contribution < -0.4 is 5.32 Å². The minimum absolute atomic E-state index is 0.00789. The Morgan fingerprint density at radius 3 is 2.67 bits per heavy atom. The molecule has 0 aromatic carbocycles. The molecule has 0 spiro atoms. The Kier molecular flexibility index (Phi) is 3.39. The largest absolute Gasteiger partial charge is 0.352 e. The van der Waals surface area contributed by atoms with E-state index in [1.807, 2.05) is 13.8 Å². The first kappa shape index (κ1) is 9.85. The molecule has 0 radical (unpaired) electrons. The summed E-state index contributed by atoms with van der Waals surface area (Å²) in [5, 5.41) is 2.55. The SMILES string of the molecule is CCC(C)C(Cl)C(=O)NC1CC1. The molecule has 1 amide bonds. The molecule has 2 unspecified atom stereocenters. The summed E-state index contributed by atoms with van der Waals surface area (Å²) in [5.74, 6) is 0.277. The molecule has 1 aliphatic rings. The lowest BCUT2D eigenvalue weighted by Gasteiger charge is -2.15. The predicted molar refractivity (Wildman–Crippen MR) is 50.3 cm³/mol. The lowest BCUT2D eigenvalue weighted by molar-refractivity contribution is -0.121. The molecule has 1 fully saturated rings. The second kappa shape index (κ2) is 4.13. The van der Waals surface area contributed by atoms with E-state index in [1.54, 1.807) is 0 Å². The maximum Gasteiger partial charge on any atom is 0.238 e. The van der Waals surface area contributed by atoms with Crippen LogP contribution in [-0.2, 0) is 4.79 Å². The number of amides is 1. The van der Waals surface area contributed by atoms with Gasteiger partial charge in [0.15, 0.2) is 0 Å². The maximum absolute atomic E-state index is 11.4. The second-order valence-electron chi connectivity index (χ2n) is 3.57. The van der Waals surface area contributed by atoms with E-state index in [0.717, 1.165) is 19.3 Å². The van der Waals surface area contributed by atoms with Crippen molar-refractivity contribution < 1.29 is 4.79 Å². The van der Waals surface area contributed by atoms with E-state index in [-0.39, 0.29) is 17.2 Å². The van der Waals surface area contributed by atoms with Crippen molar-refractivity contribution in [3.05, 3.63) is 0 Å². The van der Waals surface area contributed by atoms with E-state index < -0.39 is 0 Å². The number of hydrogen-bond donors (Lipinski definition) is 1. The van der Waals surface area contributed by atoms with Gasteiger partial charge in [-0.1, -0.05) is 20.3 Å². The first-order valence-corrected chi connectivity index (χ1v) is 5.03. The van der Waals surface area contributed by atoms with Crippen LogP contribution in [-0.4, -0.2) is 17.3 Å². The first-order chi connectivity index (χ1) is 5.65. The number of hydrogen-bond acceptors (Lipinski definition) is 1. The highest BCUT2D eigenvalue weighted by molar-refractivity contribution is 6.30. The molecule has 0 aromatic heterocycles. The second-order valence-corrected chi connectivity index (χ2v) is 4.04. The third-order valence-electron chi connectivity index (χ3n) is 2.32. The molecule has 0 saturated heterocycles. The van der Waals surface area contributed by atoms with Crippen LogP contribution in [0.1, 0.15) is 33.1 Å². The van der Waals surface area contributed by atoms with Crippen LogP contribution in [0.5, 0.6) is 0 Å². The summed E-state index contributed by atoms with van der Waals surface area (Å²) in [6, 6.07) is 0.419. The van der Waals surface area contributed by atoms with Gasteiger partial charge in [0.05, 0.1) is 0 Å². The molecular weight excluding hydrogens is 174 g/mol. The van der Waals surface area contributed by atoms with E-state index >= 15 is 0 Å². The average molecular weight is 190 g/mol. The Hall–Kier alpha value is -0.240. The fourth-order valence-corrected chi connectivity index (χ4v) is 1.21. The summed E-state index contributed by atoms with van der Waals surface area (Å²) in [6.07, 6.45) is 3.19. The molecular formula is C9H16ClNO. The molecule has 2 atom stereocenters. The van der Waals surface area contributed by atoms with Crippen molar-refractivity contribution in [3.8, 4) is 0 Å². The van der Waals surface area contributed by atoms with Gasteiger partial charge in [-0.15, -0.1) is 11.6 Å². The highest BCUT2D eigenvalue weighted by atomic mass is 35.5. The minimum atomic E-state index is -0.351. The summed E-state index contributed by atoms with van der Waals surface area (Å²) >= 11 is 5.94. The third-order valence-corrected chi connectivity index (χ3v) is 2.95. The Balaban J connectivity index is 2.28. The average Bonchev–Trinajstić information content (AvgIpc) is 2.85.